The molecule has 1 aromatic heterocycles. The minimum atomic E-state index is -1.26. The van der Waals surface area contributed by atoms with E-state index in [0.717, 1.165) is 36.0 Å². The summed E-state index contributed by atoms with van der Waals surface area (Å²) >= 11 is 0. The number of benzene rings is 3. The number of methoxy groups -OCH3 is 2. The molecule has 11 heteroatoms. The number of ether oxygens (including phenoxy) is 4. The molecule has 6 bridgehead atoms. The van der Waals surface area contributed by atoms with Gasteiger partial charge in [0.2, 0.25) is 5.91 Å². The number of hydrogen-bond donors (Lipinski definition) is 3. The first-order chi connectivity index (χ1) is 26.1. The van der Waals surface area contributed by atoms with E-state index in [-0.39, 0.29) is 36.5 Å². The molecule has 3 N–H and O–H groups in total. The van der Waals surface area contributed by atoms with Gasteiger partial charge in [-0.25, -0.2) is 4.79 Å². The number of amides is 1. The second kappa shape index (κ2) is 13.2. The van der Waals surface area contributed by atoms with Gasteiger partial charge in [0.25, 0.3) is 5.56 Å². The van der Waals surface area contributed by atoms with Crippen molar-refractivity contribution in [3.05, 3.63) is 128 Å². The predicted octanol–water partition coefficient (Wildman–Crippen LogP) is 4.84. The number of aliphatic hydroxyl groups is 1. The molecule has 2 saturated heterocycles. The van der Waals surface area contributed by atoms with Crippen LogP contribution in [0.5, 0.6) is 11.5 Å². The quantitative estimate of drug-likeness (QED) is 0.186. The van der Waals surface area contributed by atoms with Crippen molar-refractivity contribution in [3.63, 3.8) is 0 Å². The highest BCUT2D eigenvalue weighted by Crippen LogP contribution is 2.60. The molecule has 54 heavy (non-hydrogen) atoms. The average Bonchev–Trinajstić information content (AvgIpc) is 3.64. The molecule has 1 amide bonds. The van der Waals surface area contributed by atoms with Crippen molar-refractivity contribution in [1.29, 1.82) is 0 Å². The van der Waals surface area contributed by atoms with E-state index in [0.29, 0.717) is 29.3 Å². The maximum absolute atomic E-state index is 13.8. The van der Waals surface area contributed by atoms with Crippen LogP contribution in [0.1, 0.15) is 73.4 Å². The van der Waals surface area contributed by atoms with Gasteiger partial charge in [-0.05, 0) is 104 Å². The van der Waals surface area contributed by atoms with Crippen LogP contribution in [0.3, 0.4) is 0 Å². The highest BCUT2D eigenvalue weighted by molar-refractivity contribution is 5.83. The van der Waals surface area contributed by atoms with E-state index < -0.39 is 40.7 Å². The smallest absolute Gasteiger partial charge is 0.330 e. The molecule has 4 aromatic rings. The second-order valence-electron chi connectivity index (χ2n) is 16.4. The van der Waals surface area contributed by atoms with Gasteiger partial charge in [-0.3, -0.25) is 19.1 Å². The van der Waals surface area contributed by atoms with Gasteiger partial charge in [-0.1, -0.05) is 54.6 Å². The number of aromatic nitrogens is 2. The van der Waals surface area contributed by atoms with Crippen LogP contribution >= 0.6 is 0 Å². The second-order valence-corrected chi connectivity index (χ2v) is 16.4. The highest BCUT2D eigenvalue weighted by Gasteiger charge is 2.64. The molecule has 6 aliphatic rings. The Hall–Kier alpha value is -4.71. The maximum atomic E-state index is 13.8. The highest BCUT2D eigenvalue weighted by atomic mass is 16.6. The van der Waals surface area contributed by atoms with Gasteiger partial charge in [0.15, 0.2) is 6.23 Å². The van der Waals surface area contributed by atoms with Crippen molar-refractivity contribution >= 4 is 5.91 Å². The zero-order valence-corrected chi connectivity index (χ0v) is 30.7. The van der Waals surface area contributed by atoms with Crippen LogP contribution in [-0.4, -0.2) is 59.2 Å². The Kier molecular flexibility index (Phi) is 8.59. The van der Waals surface area contributed by atoms with E-state index in [9.17, 15) is 19.5 Å². The van der Waals surface area contributed by atoms with Gasteiger partial charge in [-0.2, -0.15) is 0 Å². The lowest BCUT2D eigenvalue weighted by molar-refractivity contribution is -0.180. The Morgan fingerprint density at radius 2 is 1.43 bits per heavy atom. The SMILES string of the molecule is COc1ccc(C(CC23COC(C2O)[C@H](n2cc(CNC(=O)C45CC6CC(CC(C6)C4)C5)c(=O)[nH]c2=O)O3)(c2ccccc2)c2ccc(OC)cc2)cc1. The van der Waals surface area contributed by atoms with Gasteiger partial charge in [0.05, 0.1) is 26.4 Å². The van der Waals surface area contributed by atoms with Gasteiger partial charge in [0.1, 0.15) is 29.3 Å². The van der Waals surface area contributed by atoms with Crippen molar-refractivity contribution in [1.82, 2.24) is 14.9 Å². The maximum Gasteiger partial charge on any atom is 0.330 e. The molecule has 3 heterocycles. The monoisotopic (exact) mass is 733 g/mol. The van der Waals surface area contributed by atoms with Crippen molar-refractivity contribution in [2.24, 2.45) is 23.2 Å². The predicted molar refractivity (Wildman–Crippen MR) is 199 cm³/mol. The Morgan fingerprint density at radius 1 is 0.870 bits per heavy atom. The van der Waals surface area contributed by atoms with Crippen molar-refractivity contribution in [2.45, 2.75) is 80.9 Å². The lowest BCUT2D eigenvalue weighted by atomic mass is 9.49. The van der Waals surface area contributed by atoms with E-state index in [1.165, 1.54) is 30.0 Å². The number of fused-ring (bicyclic) bond motifs is 2. The molecule has 6 fully saturated rings. The van der Waals surface area contributed by atoms with Crippen LogP contribution in [0.4, 0.5) is 0 Å². The molecular weight excluding hydrogens is 686 g/mol. The molecule has 0 spiro atoms. The number of carbonyl (C=O) groups is 1. The molecule has 3 aromatic carbocycles. The van der Waals surface area contributed by atoms with E-state index in [2.05, 4.69) is 22.4 Å². The summed E-state index contributed by atoms with van der Waals surface area (Å²) in [5, 5.41) is 15.2. The van der Waals surface area contributed by atoms with Crippen molar-refractivity contribution in [2.75, 3.05) is 20.8 Å². The number of rotatable bonds is 11. The fourth-order valence-corrected chi connectivity index (χ4v) is 11.1. The normalized spacial score (nSPS) is 30.7. The number of H-pyrrole nitrogens is 1. The summed E-state index contributed by atoms with van der Waals surface area (Å²) in [5.74, 6) is 3.24. The van der Waals surface area contributed by atoms with E-state index >= 15 is 0 Å². The first-order valence-corrected chi connectivity index (χ1v) is 19.1. The molecule has 3 unspecified atom stereocenters. The van der Waals surface area contributed by atoms with E-state index in [1.54, 1.807) is 14.2 Å². The molecule has 4 saturated carbocycles. The number of hydrogen-bond acceptors (Lipinski definition) is 8. The summed E-state index contributed by atoms with van der Waals surface area (Å²) in [4.78, 5) is 42.8. The summed E-state index contributed by atoms with van der Waals surface area (Å²) in [6.45, 7) is 0.0660. The standard InChI is InChI=1S/C43H47N3O8/c1-51-33-12-8-31(9-13-33)43(30-6-4-3-5-7-30,32-10-14-34(52-2)15-11-32)24-42-25-53-35(36(42)47)38(54-42)46-23-29(37(48)45-40(46)50)22-44-39(49)41-19-26-16-27(20-41)18-28(17-26)21-41/h3-15,23,26-28,35-36,38,47H,16-22,24-25H2,1-2H3,(H,44,49)(H,45,48,50)/t26?,27?,28?,35?,36?,38-,41?,42?/m1/s1. The van der Waals surface area contributed by atoms with Crippen molar-refractivity contribution in [3.8, 4) is 11.5 Å². The topological polar surface area (TPSA) is 141 Å². The van der Waals surface area contributed by atoms with Crippen LogP contribution in [-0.2, 0) is 26.2 Å². The Labute approximate surface area is 313 Å². The Balaban J connectivity index is 1.05. The zero-order chi connectivity index (χ0) is 37.2. The molecular formula is C43H47N3O8. The number of carbonyl (C=O) groups excluding carboxylic acids is 1. The molecule has 0 radical (unpaired) electrons. The molecule has 4 aliphatic carbocycles. The van der Waals surface area contributed by atoms with E-state index in [4.69, 9.17) is 18.9 Å². The average molecular weight is 734 g/mol. The number of nitrogens with zero attached hydrogens (tertiary/aromatic N) is 1. The lowest BCUT2D eigenvalue weighted by Crippen LogP contribution is -2.53. The van der Waals surface area contributed by atoms with Crippen LogP contribution < -0.4 is 26.0 Å². The largest absolute Gasteiger partial charge is 0.497 e. The summed E-state index contributed by atoms with van der Waals surface area (Å²) in [5.41, 5.74) is -0.655. The van der Waals surface area contributed by atoms with Gasteiger partial charge in [0, 0.05) is 23.6 Å². The summed E-state index contributed by atoms with van der Waals surface area (Å²) in [7, 11) is 3.25. The van der Waals surface area contributed by atoms with Crippen LogP contribution in [0.15, 0.2) is 94.6 Å². The van der Waals surface area contributed by atoms with Crippen molar-refractivity contribution < 1.29 is 28.8 Å². The van der Waals surface area contributed by atoms with Crippen LogP contribution in [0.2, 0.25) is 0 Å². The minimum Gasteiger partial charge on any atom is -0.497 e. The lowest BCUT2D eigenvalue weighted by Gasteiger charge is -2.55. The molecule has 2 aliphatic heterocycles. The Morgan fingerprint density at radius 3 is 1.98 bits per heavy atom. The molecule has 11 nitrogen and oxygen atoms in total. The third-order valence-corrected chi connectivity index (χ3v) is 13.3. The van der Waals surface area contributed by atoms with Crippen LogP contribution in [0.25, 0.3) is 0 Å². The molecule has 4 atom stereocenters. The van der Waals surface area contributed by atoms with Gasteiger partial charge >= 0.3 is 5.69 Å². The van der Waals surface area contributed by atoms with Gasteiger partial charge < -0.3 is 29.4 Å². The fourth-order valence-electron chi connectivity index (χ4n) is 11.1. The molecule has 10 rings (SSSR count). The molecule has 282 valence electrons. The number of nitrogens with one attached hydrogen (secondary N) is 2. The number of aliphatic hydroxyl groups excluding tert-OH is 1. The van der Waals surface area contributed by atoms with Gasteiger partial charge in [-0.15, -0.1) is 0 Å². The minimum absolute atomic E-state index is 0.00180. The third kappa shape index (κ3) is 5.62. The summed E-state index contributed by atoms with van der Waals surface area (Å²) < 4.78 is 25.5. The first kappa shape index (κ1) is 35.0. The fraction of sp³-hybridized carbons (Fsp3) is 0.465. The first-order valence-electron chi connectivity index (χ1n) is 19.1. The van der Waals surface area contributed by atoms with E-state index in [1.807, 2.05) is 66.7 Å². The zero-order valence-electron chi connectivity index (χ0n) is 30.7. The Bertz CT molecular complexity index is 2060. The third-order valence-electron chi connectivity index (χ3n) is 13.3. The summed E-state index contributed by atoms with van der Waals surface area (Å²) in [6.07, 6.45) is 5.08. The summed E-state index contributed by atoms with van der Waals surface area (Å²) in [6, 6.07) is 25.8. The number of aromatic amines is 1. The van der Waals surface area contributed by atoms with Crippen LogP contribution in [0, 0.1) is 23.2 Å².